The van der Waals surface area contributed by atoms with Gasteiger partial charge in [0.1, 0.15) is 5.82 Å². The van der Waals surface area contributed by atoms with Crippen molar-refractivity contribution in [3.63, 3.8) is 0 Å². The van der Waals surface area contributed by atoms with Gasteiger partial charge in [-0.25, -0.2) is 4.98 Å². The van der Waals surface area contributed by atoms with Crippen molar-refractivity contribution in [3.8, 4) is 0 Å². The van der Waals surface area contributed by atoms with Crippen molar-refractivity contribution in [2.24, 2.45) is 17.4 Å². The van der Waals surface area contributed by atoms with Gasteiger partial charge in [-0.1, -0.05) is 19.3 Å². The van der Waals surface area contributed by atoms with E-state index in [1.165, 1.54) is 32.1 Å². The molecule has 1 aliphatic rings. The molecule has 0 spiro atoms. The highest BCUT2D eigenvalue weighted by Crippen LogP contribution is 2.28. The molecule has 5 N–H and O–H groups in total. The first-order valence-corrected chi connectivity index (χ1v) is 7.77. The van der Waals surface area contributed by atoms with E-state index < -0.39 is 5.91 Å². The Hall–Kier alpha value is -1.62. The van der Waals surface area contributed by atoms with Crippen molar-refractivity contribution in [3.05, 3.63) is 22.9 Å². The summed E-state index contributed by atoms with van der Waals surface area (Å²) in [6.07, 6.45) is 6.19. The Morgan fingerprint density at radius 2 is 2.05 bits per heavy atom. The number of hydrogen-bond donors (Lipinski definition) is 3. The van der Waals surface area contributed by atoms with Gasteiger partial charge in [-0.3, -0.25) is 4.79 Å². The molecule has 0 aromatic carbocycles. The molecule has 5 heteroatoms. The Morgan fingerprint density at radius 3 is 2.62 bits per heavy atom. The van der Waals surface area contributed by atoms with Crippen LogP contribution in [0.4, 0.5) is 5.82 Å². The average Bonchev–Trinajstić information content (AvgIpc) is 2.44. The molecule has 0 bridgehead atoms. The summed E-state index contributed by atoms with van der Waals surface area (Å²) in [5.41, 5.74) is 13.7. The number of aryl methyl sites for hydroxylation is 2. The molecule has 2 rings (SSSR count). The van der Waals surface area contributed by atoms with Crippen LogP contribution >= 0.6 is 0 Å². The van der Waals surface area contributed by atoms with Gasteiger partial charge >= 0.3 is 0 Å². The van der Waals surface area contributed by atoms with E-state index in [1.54, 1.807) is 0 Å². The molecule has 1 atom stereocenters. The number of carbonyl (C=O) groups is 1. The number of pyridine rings is 1. The Morgan fingerprint density at radius 1 is 1.38 bits per heavy atom. The number of amides is 1. The van der Waals surface area contributed by atoms with Crippen LogP contribution in [0.25, 0.3) is 0 Å². The molecule has 0 saturated heterocycles. The maximum atomic E-state index is 11.7. The zero-order valence-corrected chi connectivity index (χ0v) is 13.0. The van der Waals surface area contributed by atoms with Crippen LogP contribution < -0.4 is 16.8 Å². The second-order valence-electron chi connectivity index (χ2n) is 6.05. The molecule has 1 aliphatic carbocycles. The molecule has 1 aromatic heterocycles. The molecule has 1 heterocycles. The molecule has 1 saturated carbocycles. The van der Waals surface area contributed by atoms with E-state index >= 15 is 0 Å². The van der Waals surface area contributed by atoms with E-state index in [4.69, 9.17) is 11.5 Å². The Balaban J connectivity index is 2.25. The Labute approximate surface area is 126 Å². The predicted octanol–water partition coefficient (Wildman–Crippen LogP) is 2.12. The van der Waals surface area contributed by atoms with Crippen LogP contribution in [0.1, 0.15) is 53.7 Å². The van der Waals surface area contributed by atoms with Crippen molar-refractivity contribution >= 4 is 11.7 Å². The zero-order chi connectivity index (χ0) is 15.4. The number of carbonyl (C=O) groups excluding carboxylic acids is 1. The number of nitrogens with zero attached hydrogens (tertiary/aromatic N) is 1. The van der Waals surface area contributed by atoms with E-state index in [0.717, 1.165) is 11.3 Å². The van der Waals surface area contributed by atoms with Crippen LogP contribution in [0, 0.1) is 19.8 Å². The van der Waals surface area contributed by atoms with E-state index in [0.29, 0.717) is 23.8 Å². The van der Waals surface area contributed by atoms with Gasteiger partial charge in [0.25, 0.3) is 5.91 Å². The third-order valence-corrected chi connectivity index (χ3v) is 4.39. The standard InChI is InChI=1S/C16H26N4O/c1-10-8-11(2)19-16(14(10)15(18)21)20-13(9-17)12-6-4-3-5-7-12/h8,12-13H,3-7,9,17H2,1-2H3,(H2,18,21)(H,19,20). The van der Waals surface area contributed by atoms with E-state index in [9.17, 15) is 4.79 Å². The van der Waals surface area contributed by atoms with Crippen LogP contribution in [0.3, 0.4) is 0 Å². The summed E-state index contributed by atoms with van der Waals surface area (Å²) in [5.74, 6) is 0.690. The number of hydrogen-bond acceptors (Lipinski definition) is 4. The largest absolute Gasteiger partial charge is 0.365 e. The van der Waals surface area contributed by atoms with Gasteiger partial charge in [0, 0.05) is 18.3 Å². The van der Waals surface area contributed by atoms with Crippen molar-refractivity contribution in [1.82, 2.24) is 4.98 Å². The molecule has 1 unspecified atom stereocenters. The summed E-state index contributed by atoms with van der Waals surface area (Å²) in [6.45, 7) is 4.34. The lowest BCUT2D eigenvalue weighted by molar-refractivity contribution is 0.1000. The van der Waals surface area contributed by atoms with Crippen LogP contribution in [0.15, 0.2) is 6.07 Å². The molecule has 0 aliphatic heterocycles. The average molecular weight is 290 g/mol. The molecule has 5 nitrogen and oxygen atoms in total. The number of aromatic nitrogens is 1. The predicted molar refractivity (Wildman–Crippen MR) is 85.3 cm³/mol. The minimum absolute atomic E-state index is 0.150. The number of rotatable bonds is 5. The first-order valence-electron chi connectivity index (χ1n) is 7.77. The first-order chi connectivity index (χ1) is 10.0. The summed E-state index contributed by atoms with van der Waals surface area (Å²) in [4.78, 5) is 16.2. The van der Waals surface area contributed by atoms with Crippen LogP contribution in [-0.2, 0) is 0 Å². The smallest absolute Gasteiger partial charge is 0.252 e. The lowest BCUT2D eigenvalue weighted by Gasteiger charge is -2.31. The lowest BCUT2D eigenvalue weighted by Crippen LogP contribution is -2.38. The molecular formula is C16H26N4O. The molecule has 116 valence electrons. The summed E-state index contributed by atoms with van der Waals surface area (Å²) in [5, 5.41) is 3.39. The first kappa shape index (κ1) is 15.8. The topological polar surface area (TPSA) is 94.0 Å². The normalized spacial score (nSPS) is 17.5. The van der Waals surface area contributed by atoms with Crippen molar-refractivity contribution < 1.29 is 4.79 Å². The third-order valence-electron chi connectivity index (χ3n) is 4.39. The van der Waals surface area contributed by atoms with Gasteiger partial charge < -0.3 is 16.8 Å². The van der Waals surface area contributed by atoms with Gasteiger partial charge in [0.05, 0.1) is 5.56 Å². The highest BCUT2D eigenvalue weighted by Gasteiger charge is 2.24. The second-order valence-corrected chi connectivity index (χ2v) is 6.05. The fraction of sp³-hybridized carbons (Fsp3) is 0.625. The zero-order valence-electron chi connectivity index (χ0n) is 13.0. The summed E-state index contributed by atoms with van der Waals surface area (Å²) >= 11 is 0. The van der Waals surface area contributed by atoms with Gasteiger partial charge in [0.15, 0.2) is 0 Å². The van der Waals surface area contributed by atoms with Gasteiger partial charge in [0.2, 0.25) is 0 Å². The monoisotopic (exact) mass is 290 g/mol. The number of anilines is 1. The number of primary amides is 1. The molecule has 1 fully saturated rings. The highest BCUT2D eigenvalue weighted by atomic mass is 16.1. The summed E-state index contributed by atoms with van der Waals surface area (Å²) in [7, 11) is 0. The van der Waals surface area contributed by atoms with Gasteiger partial charge in [-0.05, 0) is 44.2 Å². The second kappa shape index (κ2) is 6.89. The Bertz CT molecular complexity index is 509. The molecule has 21 heavy (non-hydrogen) atoms. The van der Waals surface area contributed by atoms with Crippen molar-refractivity contribution in [2.75, 3.05) is 11.9 Å². The number of nitrogens with one attached hydrogen (secondary N) is 1. The molecular weight excluding hydrogens is 264 g/mol. The minimum Gasteiger partial charge on any atom is -0.365 e. The van der Waals surface area contributed by atoms with E-state index in [1.807, 2.05) is 19.9 Å². The van der Waals surface area contributed by atoms with Crippen LogP contribution in [0.2, 0.25) is 0 Å². The SMILES string of the molecule is Cc1cc(C)c(C(N)=O)c(NC(CN)C2CCCCC2)n1. The van der Waals surface area contributed by atoms with Crippen molar-refractivity contribution in [1.29, 1.82) is 0 Å². The number of nitrogens with two attached hydrogens (primary N) is 2. The summed E-state index contributed by atoms with van der Waals surface area (Å²) in [6, 6.07) is 2.03. The minimum atomic E-state index is -0.443. The Kier molecular flexibility index (Phi) is 5.17. The van der Waals surface area contributed by atoms with Crippen molar-refractivity contribution in [2.45, 2.75) is 52.0 Å². The summed E-state index contributed by atoms with van der Waals surface area (Å²) < 4.78 is 0. The molecule has 0 radical (unpaired) electrons. The quantitative estimate of drug-likeness (QED) is 0.774. The van der Waals surface area contributed by atoms with Gasteiger partial charge in [-0.2, -0.15) is 0 Å². The van der Waals surface area contributed by atoms with Crippen LogP contribution in [0.5, 0.6) is 0 Å². The lowest BCUT2D eigenvalue weighted by atomic mass is 9.84. The van der Waals surface area contributed by atoms with E-state index in [-0.39, 0.29) is 6.04 Å². The molecule has 1 aromatic rings. The fourth-order valence-corrected chi connectivity index (χ4v) is 3.33. The maximum absolute atomic E-state index is 11.7. The third kappa shape index (κ3) is 3.73. The highest BCUT2D eigenvalue weighted by molar-refractivity contribution is 5.99. The molecule has 1 amide bonds. The maximum Gasteiger partial charge on any atom is 0.252 e. The van der Waals surface area contributed by atoms with Crippen LogP contribution in [-0.4, -0.2) is 23.5 Å². The fourth-order valence-electron chi connectivity index (χ4n) is 3.33. The van der Waals surface area contributed by atoms with E-state index in [2.05, 4.69) is 10.3 Å². The van der Waals surface area contributed by atoms with Gasteiger partial charge in [-0.15, -0.1) is 0 Å².